The molecule has 4 aromatic rings. The lowest BCUT2D eigenvalue weighted by Crippen LogP contribution is -2.06. The third kappa shape index (κ3) is 6.51. The summed E-state index contributed by atoms with van der Waals surface area (Å²) in [6.45, 7) is 2.04. The Labute approximate surface area is 183 Å². The molecule has 0 aliphatic rings. The molecule has 1 aromatic heterocycles. The minimum absolute atomic E-state index is 0.292. The van der Waals surface area contributed by atoms with Crippen LogP contribution < -0.4 is 22.9 Å². The Bertz CT molecular complexity index is 1100. The van der Waals surface area contributed by atoms with Crippen LogP contribution in [0.25, 0.3) is 0 Å². The van der Waals surface area contributed by atoms with E-state index in [0.717, 1.165) is 17.7 Å². The van der Waals surface area contributed by atoms with Gasteiger partial charge in [0.1, 0.15) is 11.6 Å². The van der Waals surface area contributed by atoms with Crippen molar-refractivity contribution in [2.24, 2.45) is 0 Å². The van der Waals surface area contributed by atoms with Crippen molar-refractivity contribution in [3.8, 4) is 0 Å². The molecular formula is C26H29N5. The van der Waals surface area contributed by atoms with Crippen LogP contribution in [0, 0.1) is 6.92 Å². The first-order valence-electron chi connectivity index (χ1n) is 10.1. The zero-order valence-corrected chi connectivity index (χ0v) is 17.8. The molecule has 0 bridgehead atoms. The van der Waals surface area contributed by atoms with Crippen LogP contribution >= 0.6 is 0 Å². The maximum Gasteiger partial charge on any atom is 0.149 e. The first-order valence-corrected chi connectivity index (χ1v) is 10.1. The highest BCUT2D eigenvalue weighted by Crippen LogP contribution is 2.24. The third-order valence-corrected chi connectivity index (χ3v) is 4.91. The monoisotopic (exact) mass is 411 g/mol. The molecule has 0 spiro atoms. The average molecular weight is 412 g/mol. The van der Waals surface area contributed by atoms with Gasteiger partial charge in [-0.1, -0.05) is 72.3 Å². The van der Waals surface area contributed by atoms with E-state index in [9.17, 15) is 0 Å². The van der Waals surface area contributed by atoms with Crippen molar-refractivity contribution in [3.05, 3.63) is 113 Å². The molecule has 0 fully saturated rings. The number of nitrogen functional groups attached to an aromatic ring is 4. The van der Waals surface area contributed by atoms with Crippen LogP contribution in [0.3, 0.4) is 0 Å². The van der Waals surface area contributed by atoms with Gasteiger partial charge in [0.25, 0.3) is 0 Å². The fourth-order valence-electron chi connectivity index (χ4n) is 3.27. The van der Waals surface area contributed by atoms with Crippen molar-refractivity contribution in [3.63, 3.8) is 0 Å². The van der Waals surface area contributed by atoms with Crippen LogP contribution in [-0.4, -0.2) is 4.98 Å². The zero-order valence-electron chi connectivity index (χ0n) is 17.8. The van der Waals surface area contributed by atoms with Gasteiger partial charge < -0.3 is 22.9 Å². The van der Waals surface area contributed by atoms with Crippen LogP contribution in [0.4, 0.5) is 23.0 Å². The van der Waals surface area contributed by atoms with Crippen molar-refractivity contribution in [1.29, 1.82) is 0 Å². The van der Waals surface area contributed by atoms with E-state index in [4.69, 9.17) is 22.9 Å². The van der Waals surface area contributed by atoms with E-state index in [1.165, 1.54) is 22.3 Å². The van der Waals surface area contributed by atoms with Crippen molar-refractivity contribution < 1.29 is 0 Å². The quantitative estimate of drug-likeness (QED) is 0.367. The normalized spacial score (nSPS) is 10.2. The Morgan fingerprint density at radius 2 is 1.26 bits per heavy atom. The molecule has 0 saturated carbocycles. The number of nitrogens with two attached hydrogens (primary N) is 4. The number of anilines is 4. The minimum atomic E-state index is 0.292. The predicted octanol–water partition coefficient (Wildman–Crippen LogP) is 4.59. The van der Waals surface area contributed by atoms with E-state index < -0.39 is 0 Å². The molecule has 0 radical (unpaired) electrons. The molecule has 5 heteroatoms. The molecule has 4 rings (SSSR count). The number of rotatable bonds is 4. The van der Waals surface area contributed by atoms with Gasteiger partial charge in [0, 0.05) is 5.69 Å². The van der Waals surface area contributed by atoms with E-state index in [0.29, 0.717) is 23.7 Å². The lowest BCUT2D eigenvalue weighted by Gasteiger charge is -2.10. The summed E-state index contributed by atoms with van der Waals surface area (Å²) in [7, 11) is 0. The second-order valence-corrected chi connectivity index (χ2v) is 7.57. The van der Waals surface area contributed by atoms with E-state index in [2.05, 4.69) is 53.5 Å². The van der Waals surface area contributed by atoms with E-state index in [1.807, 2.05) is 37.3 Å². The largest absolute Gasteiger partial charge is 0.399 e. The first-order chi connectivity index (χ1) is 14.9. The summed E-state index contributed by atoms with van der Waals surface area (Å²) in [5.41, 5.74) is 30.2. The Morgan fingerprint density at radius 1 is 0.645 bits per heavy atom. The topological polar surface area (TPSA) is 117 Å². The minimum Gasteiger partial charge on any atom is -0.399 e. The molecule has 3 aromatic carbocycles. The van der Waals surface area contributed by atoms with Gasteiger partial charge in [0.15, 0.2) is 0 Å². The van der Waals surface area contributed by atoms with Crippen molar-refractivity contribution >= 4 is 23.0 Å². The SMILES string of the molecule is Cc1ccc(N)cc1.Nc1cc(Cc2cccc(Cc3ccccc3)c2)c(N)c(N)n1. The summed E-state index contributed by atoms with van der Waals surface area (Å²) < 4.78 is 0. The molecule has 0 atom stereocenters. The summed E-state index contributed by atoms with van der Waals surface area (Å²) in [5, 5.41) is 0. The summed E-state index contributed by atoms with van der Waals surface area (Å²) in [5.74, 6) is 0.688. The van der Waals surface area contributed by atoms with Crippen LogP contribution in [0.1, 0.15) is 27.8 Å². The smallest absolute Gasteiger partial charge is 0.149 e. The summed E-state index contributed by atoms with van der Waals surface area (Å²) in [4.78, 5) is 3.98. The van der Waals surface area contributed by atoms with Gasteiger partial charge in [0.2, 0.25) is 0 Å². The number of aryl methyl sites for hydroxylation is 1. The van der Waals surface area contributed by atoms with Gasteiger partial charge in [-0.05, 0) is 60.2 Å². The van der Waals surface area contributed by atoms with Crippen molar-refractivity contribution in [2.45, 2.75) is 19.8 Å². The Balaban J connectivity index is 0.000000287. The molecule has 5 nitrogen and oxygen atoms in total. The highest BCUT2D eigenvalue weighted by atomic mass is 14.9. The molecular weight excluding hydrogens is 382 g/mol. The van der Waals surface area contributed by atoms with Gasteiger partial charge in [-0.15, -0.1) is 0 Å². The number of aromatic nitrogens is 1. The maximum absolute atomic E-state index is 6.02. The van der Waals surface area contributed by atoms with E-state index >= 15 is 0 Å². The summed E-state index contributed by atoms with van der Waals surface area (Å²) >= 11 is 0. The van der Waals surface area contributed by atoms with Crippen LogP contribution in [0.15, 0.2) is 84.9 Å². The van der Waals surface area contributed by atoms with Crippen molar-refractivity contribution in [2.75, 3.05) is 22.9 Å². The van der Waals surface area contributed by atoms with Gasteiger partial charge in [-0.2, -0.15) is 0 Å². The average Bonchev–Trinajstić information content (AvgIpc) is 2.75. The number of hydrogen-bond donors (Lipinski definition) is 4. The van der Waals surface area contributed by atoms with E-state index in [1.54, 1.807) is 6.07 Å². The van der Waals surface area contributed by atoms with Gasteiger partial charge >= 0.3 is 0 Å². The van der Waals surface area contributed by atoms with Crippen LogP contribution in [0.2, 0.25) is 0 Å². The van der Waals surface area contributed by atoms with Gasteiger partial charge in [0.05, 0.1) is 5.69 Å². The van der Waals surface area contributed by atoms with Gasteiger partial charge in [-0.3, -0.25) is 0 Å². The molecule has 0 aliphatic carbocycles. The number of pyridine rings is 1. The third-order valence-electron chi connectivity index (χ3n) is 4.91. The molecule has 0 amide bonds. The molecule has 0 saturated heterocycles. The lowest BCUT2D eigenvalue weighted by molar-refractivity contribution is 1.13. The van der Waals surface area contributed by atoms with Gasteiger partial charge in [-0.25, -0.2) is 4.98 Å². The fraction of sp³-hybridized carbons (Fsp3) is 0.115. The number of nitrogens with zero attached hydrogens (tertiary/aromatic N) is 1. The molecule has 0 aliphatic heterocycles. The van der Waals surface area contributed by atoms with Crippen molar-refractivity contribution in [1.82, 2.24) is 4.98 Å². The number of hydrogen-bond acceptors (Lipinski definition) is 5. The Hall–Kier alpha value is -3.99. The predicted molar refractivity (Wildman–Crippen MR) is 132 cm³/mol. The second-order valence-electron chi connectivity index (χ2n) is 7.57. The second kappa shape index (κ2) is 10.2. The first kappa shape index (κ1) is 21.7. The standard InChI is InChI=1S/C19H20N4.C7H9N/c20-17-12-16(18(21)19(22)23-17)11-15-8-4-7-14(10-15)9-13-5-2-1-3-6-13;1-6-2-4-7(8)5-3-6/h1-8,10,12H,9,11,21H2,(H4,20,22,23);2-5H,8H2,1H3. The molecule has 1 heterocycles. The number of benzene rings is 3. The summed E-state index contributed by atoms with van der Waals surface area (Å²) in [6, 6.07) is 28.5. The molecule has 8 N–H and O–H groups in total. The fourth-order valence-corrected chi connectivity index (χ4v) is 3.27. The molecule has 158 valence electrons. The lowest BCUT2D eigenvalue weighted by atomic mass is 9.99. The Kier molecular flexibility index (Phi) is 7.12. The van der Waals surface area contributed by atoms with Crippen LogP contribution in [-0.2, 0) is 12.8 Å². The Morgan fingerprint density at radius 3 is 1.90 bits per heavy atom. The zero-order chi connectivity index (χ0) is 22.2. The maximum atomic E-state index is 6.02. The van der Waals surface area contributed by atoms with Crippen LogP contribution in [0.5, 0.6) is 0 Å². The molecule has 31 heavy (non-hydrogen) atoms. The highest BCUT2D eigenvalue weighted by Gasteiger charge is 2.08. The van der Waals surface area contributed by atoms with E-state index in [-0.39, 0.29) is 0 Å². The summed E-state index contributed by atoms with van der Waals surface area (Å²) in [6.07, 6.45) is 1.59. The molecule has 0 unspecified atom stereocenters. The highest BCUT2D eigenvalue weighted by molar-refractivity contribution is 5.67.